The number of benzene rings is 2. The Balaban J connectivity index is 1.42. The summed E-state index contributed by atoms with van der Waals surface area (Å²) in [6.45, 7) is 9.43. The fraction of sp³-hybridized carbons (Fsp3) is 0.417. The molecule has 0 aromatic heterocycles. The Morgan fingerprint density at radius 2 is 1.57 bits per heavy atom. The van der Waals surface area contributed by atoms with Gasteiger partial charge in [-0.05, 0) is 38.5 Å². The Morgan fingerprint density at radius 3 is 2.20 bits per heavy atom. The molecule has 2 unspecified atom stereocenters. The van der Waals surface area contributed by atoms with E-state index in [0.29, 0.717) is 6.54 Å². The highest BCUT2D eigenvalue weighted by atomic mass is 16.2. The maximum atomic E-state index is 12.7. The topological polar surface area (TPSA) is 64.7 Å². The van der Waals surface area contributed by atoms with Crippen LogP contribution in [0.4, 0.5) is 5.69 Å². The van der Waals surface area contributed by atoms with E-state index in [1.807, 2.05) is 75.4 Å². The van der Waals surface area contributed by atoms with Gasteiger partial charge in [0, 0.05) is 31.9 Å². The van der Waals surface area contributed by atoms with Gasteiger partial charge in [0.15, 0.2) is 0 Å². The summed E-state index contributed by atoms with van der Waals surface area (Å²) in [6.07, 6.45) is 0. The molecule has 3 rings (SSSR count). The number of carbonyl (C=O) groups excluding carboxylic acids is 2. The maximum Gasteiger partial charge on any atom is 0.238 e. The van der Waals surface area contributed by atoms with E-state index in [2.05, 4.69) is 20.4 Å². The first-order valence-electron chi connectivity index (χ1n) is 10.6. The lowest BCUT2D eigenvalue weighted by atomic mass is 10.1. The predicted molar refractivity (Wildman–Crippen MR) is 120 cm³/mol. The van der Waals surface area contributed by atoms with Crippen LogP contribution in [0, 0.1) is 6.92 Å². The molecule has 6 nitrogen and oxygen atoms in total. The fourth-order valence-corrected chi connectivity index (χ4v) is 3.67. The molecule has 2 N–H and O–H groups in total. The summed E-state index contributed by atoms with van der Waals surface area (Å²) in [7, 11) is 0. The first kappa shape index (κ1) is 22.0. The van der Waals surface area contributed by atoms with Gasteiger partial charge in [0.05, 0.1) is 18.6 Å². The molecule has 0 spiro atoms. The second-order valence-corrected chi connectivity index (χ2v) is 8.04. The van der Waals surface area contributed by atoms with Gasteiger partial charge < -0.3 is 10.6 Å². The summed E-state index contributed by atoms with van der Waals surface area (Å²) >= 11 is 0. The summed E-state index contributed by atoms with van der Waals surface area (Å²) in [6, 6.07) is 17.6. The summed E-state index contributed by atoms with van der Waals surface area (Å²) in [5, 5.41) is 6.06. The van der Waals surface area contributed by atoms with Gasteiger partial charge in [0.1, 0.15) is 0 Å². The Labute approximate surface area is 179 Å². The van der Waals surface area contributed by atoms with Crippen LogP contribution in [0.3, 0.4) is 0 Å². The summed E-state index contributed by atoms with van der Waals surface area (Å²) in [5.41, 5.74) is 3.09. The van der Waals surface area contributed by atoms with Crippen LogP contribution in [0.5, 0.6) is 0 Å². The molecule has 2 aromatic rings. The molecule has 160 valence electrons. The number of hydrogen-bond acceptors (Lipinski definition) is 4. The first-order chi connectivity index (χ1) is 14.4. The molecule has 1 aliphatic rings. The highest BCUT2D eigenvalue weighted by molar-refractivity contribution is 5.92. The molecule has 6 heteroatoms. The second kappa shape index (κ2) is 10.4. The van der Waals surface area contributed by atoms with Gasteiger partial charge >= 0.3 is 0 Å². The number of amides is 2. The van der Waals surface area contributed by atoms with E-state index in [1.165, 1.54) is 5.56 Å². The largest absolute Gasteiger partial charge is 0.348 e. The molecule has 2 amide bonds. The van der Waals surface area contributed by atoms with Gasteiger partial charge in [-0.1, -0.05) is 48.0 Å². The quantitative estimate of drug-likeness (QED) is 0.740. The Kier molecular flexibility index (Phi) is 7.60. The minimum atomic E-state index is -0.195. The smallest absolute Gasteiger partial charge is 0.238 e. The van der Waals surface area contributed by atoms with Crippen LogP contribution in [0.1, 0.15) is 31.0 Å². The number of carbonyl (C=O) groups is 2. The molecule has 2 atom stereocenters. The van der Waals surface area contributed by atoms with Crippen LogP contribution in [-0.4, -0.2) is 60.4 Å². The van der Waals surface area contributed by atoms with Crippen molar-refractivity contribution >= 4 is 17.5 Å². The molecule has 0 saturated carbocycles. The van der Waals surface area contributed by atoms with Crippen LogP contribution >= 0.6 is 0 Å². The molecule has 1 fully saturated rings. The van der Waals surface area contributed by atoms with E-state index >= 15 is 0 Å². The first-order valence-corrected chi connectivity index (χ1v) is 10.6. The molecular formula is C24H32N4O2. The van der Waals surface area contributed by atoms with Crippen LogP contribution in [0.2, 0.25) is 0 Å². The van der Waals surface area contributed by atoms with Gasteiger partial charge in [-0.25, -0.2) is 0 Å². The van der Waals surface area contributed by atoms with Gasteiger partial charge in [-0.3, -0.25) is 19.4 Å². The minimum Gasteiger partial charge on any atom is -0.348 e. The highest BCUT2D eigenvalue weighted by Gasteiger charge is 2.27. The number of aryl methyl sites for hydroxylation is 1. The Hall–Kier alpha value is -2.70. The Morgan fingerprint density at radius 1 is 0.933 bits per heavy atom. The number of piperazine rings is 1. The van der Waals surface area contributed by atoms with Crippen molar-refractivity contribution in [1.29, 1.82) is 0 Å². The average molecular weight is 409 g/mol. The van der Waals surface area contributed by atoms with Crippen molar-refractivity contribution < 1.29 is 9.59 Å². The standard InChI is InChI=1S/C24H32N4O2/c1-18-9-11-22(12-10-18)26-23(29)17-27-13-15-28(16-14-27)20(3)24(30)25-19(2)21-7-5-4-6-8-21/h4-12,19-20H,13-17H2,1-3H3,(H,25,30)(H,26,29). The summed E-state index contributed by atoms with van der Waals surface area (Å²) < 4.78 is 0. The zero-order valence-electron chi connectivity index (χ0n) is 18.1. The Bertz CT molecular complexity index is 830. The number of nitrogens with zero attached hydrogens (tertiary/aromatic N) is 2. The van der Waals surface area contributed by atoms with E-state index < -0.39 is 0 Å². The highest BCUT2D eigenvalue weighted by Crippen LogP contribution is 2.13. The van der Waals surface area contributed by atoms with Crippen molar-refractivity contribution in [3.05, 3.63) is 65.7 Å². The minimum absolute atomic E-state index is 0.00483. The van der Waals surface area contributed by atoms with Crippen molar-refractivity contribution in [3.8, 4) is 0 Å². The van der Waals surface area contributed by atoms with Crippen molar-refractivity contribution in [3.63, 3.8) is 0 Å². The molecule has 1 aliphatic heterocycles. The van der Waals surface area contributed by atoms with Gasteiger partial charge in [0.25, 0.3) is 0 Å². The normalized spacial score (nSPS) is 17.2. The third-order valence-corrected chi connectivity index (χ3v) is 5.69. The molecule has 2 aromatic carbocycles. The number of rotatable bonds is 7. The van der Waals surface area contributed by atoms with Crippen molar-refractivity contribution in [2.45, 2.75) is 32.9 Å². The zero-order valence-corrected chi connectivity index (χ0v) is 18.1. The molecular weight excluding hydrogens is 376 g/mol. The number of nitrogens with one attached hydrogen (secondary N) is 2. The molecule has 0 radical (unpaired) electrons. The van der Waals surface area contributed by atoms with Crippen molar-refractivity contribution in [2.75, 3.05) is 38.0 Å². The summed E-state index contributed by atoms with van der Waals surface area (Å²) in [5.74, 6) is 0.0340. The van der Waals surface area contributed by atoms with Gasteiger partial charge in [-0.15, -0.1) is 0 Å². The van der Waals surface area contributed by atoms with Crippen LogP contribution < -0.4 is 10.6 Å². The van der Waals surface area contributed by atoms with E-state index in [-0.39, 0.29) is 23.9 Å². The van der Waals surface area contributed by atoms with Crippen LogP contribution in [0.15, 0.2) is 54.6 Å². The molecule has 1 heterocycles. The average Bonchev–Trinajstić information content (AvgIpc) is 2.76. The molecule has 0 bridgehead atoms. The predicted octanol–water partition coefficient (Wildman–Crippen LogP) is 2.82. The number of hydrogen-bond donors (Lipinski definition) is 2. The lowest BCUT2D eigenvalue weighted by Gasteiger charge is -2.37. The van der Waals surface area contributed by atoms with E-state index in [0.717, 1.165) is 37.4 Å². The second-order valence-electron chi connectivity index (χ2n) is 8.04. The lowest BCUT2D eigenvalue weighted by molar-refractivity contribution is -0.127. The van der Waals surface area contributed by atoms with Crippen LogP contribution in [-0.2, 0) is 9.59 Å². The van der Waals surface area contributed by atoms with Crippen molar-refractivity contribution in [1.82, 2.24) is 15.1 Å². The zero-order chi connectivity index (χ0) is 21.5. The third-order valence-electron chi connectivity index (χ3n) is 5.69. The van der Waals surface area contributed by atoms with Gasteiger partial charge in [0.2, 0.25) is 11.8 Å². The third kappa shape index (κ3) is 6.15. The molecule has 1 saturated heterocycles. The van der Waals surface area contributed by atoms with E-state index in [4.69, 9.17) is 0 Å². The molecule has 30 heavy (non-hydrogen) atoms. The molecule has 0 aliphatic carbocycles. The number of anilines is 1. The van der Waals surface area contributed by atoms with Crippen LogP contribution in [0.25, 0.3) is 0 Å². The van der Waals surface area contributed by atoms with E-state index in [9.17, 15) is 9.59 Å². The fourth-order valence-electron chi connectivity index (χ4n) is 3.67. The monoisotopic (exact) mass is 408 g/mol. The lowest BCUT2D eigenvalue weighted by Crippen LogP contribution is -2.55. The van der Waals surface area contributed by atoms with Crippen molar-refractivity contribution in [2.24, 2.45) is 0 Å². The SMILES string of the molecule is Cc1ccc(NC(=O)CN2CCN(C(C)C(=O)NC(C)c3ccccc3)CC2)cc1. The summed E-state index contributed by atoms with van der Waals surface area (Å²) in [4.78, 5) is 29.3. The van der Waals surface area contributed by atoms with E-state index in [1.54, 1.807) is 0 Å². The maximum absolute atomic E-state index is 12.7. The van der Waals surface area contributed by atoms with Gasteiger partial charge in [-0.2, -0.15) is 0 Å².